The highest BCUT2D eigenvalue weighted by Gasteiger charge is 2.51. The van der Waals surface area contributed by atoms with Gasteiger partial charge in [0.2, 0.25) is 0 Å². The van der Waals surface area contributed by atoms with E-state index in [1.807, 2.05) is 6.20 Å². The summed E-state index contributed by atoms with van der Waals surface area (Å²) in [7, 11) is 0. The van der Waals surface area contributed by atoms with Crippen LogP contribution in [0, 0.1) is 17.8 Å². The van der Waals surface area contributed by atoms with E-state index >= 15 is 0 Å². The Kier molecular flexibility index (Phi) is 4.28. The van der Waals surface area contributed by atoms with Crippen molar-refractivity contribution in [2.75, 3.05) is 5.32 Å². The van der Waals surface area contributed by atoms with Crippen LogP contribution in [0.15, 0.2) is 24.4 Å². The van der Waals surface area contributed by atoms with Gasteiger partial charge in [0.05, 0.1) is 6.54 Å². The molecule has 1 heterocycles. The van der Waals surface area contributed by atoms with Gasteiger partial charge >= 0.3 is 0 Å². The average molecular weight is 387 g/mol. The predicted molar refractivity (Wildman–Crippen MR) is 110 cm³/mol. The predicted octanol–water partition coefficient (Wildman–Crippen LogP) is 6.44. The van der Waals surface area contributed by atoms with E-state index in [1.54, 1.807) is 16.9 Å². The van der Waals surface area contributed by atoms with E-state index in [4.69, 9.17) is 11.6 Å². The van der Waals surface area contributed by atoms with E-state index in [1.165, 1.54) is 54.7 Å². The number of nitrogens with zero attached hydrogens (tertiary/aromatic N) is 1. The van der Waals surface area contributed by atoms with Crippen LogP contribution in [-0.4, -0.2) is 4.98 Å². The zero-order valence-corrected chi connectivity index (χ0v) is 17.0. The fraction of sp³-hybridized carbons (Fsp3) is 0.591. The summed E-state index contributed by atoms with van der Waals surface area (Å²) >= 11 is 7.55. The lowest BCUT2D eigenvalue weighted by atomic mass is 9.48. The summed E-state index contributed by atoms with van der Waals surface area (Å²) in [5, 5.41) is 3.68. The van der Waals surface area contributed by atoms with Gasteiger partial charge in [0, 0.05) is 16.8 Å². The molecule has 26 heavy (non-hydrogen) atoms. The largest absolute Gasteiger partial charge is 0.380 e. The molecule has 0 spiro atoms. The minimum Gasteiger partial charge on any atom is -0.380 e. The normalized spacial score (nSPS) is 32.2. The van der Waals surface area contributed by atoms with E-state index in [-0.39, 0.29) is 0 Å². The van der Waals surface area contributed by atoms with Crippen molar-refractivity contribution in [3.8, 4) is 0 Å². The van der Waals surface area contributed by atoms with Crippen LogP contribution in [0.3, 0.4) is 0 Å². The lowest BCUT2D eigenvalue weighted by Crippen LogP contribution is -2.48. The van der Waals surface area contributed by atoms with Crippen LogP contribution < -0.4 is 5.32 Å². The smallest absolute Gasteiger partial charge is 0.183 e. The lowest BCUT2D eigenvalue weighted by Gasteiger charge is -2.57. The molecule has 4 aliphatic rings. The molecule has 0 saturated heterocycles. The van der Waals surface area contributed by atoms with Crippen LogP contribution >= 0.6 is 22.9 Å². The van der Waals surface area contributed by atoms with Crippen molar-refractivity contribution in [1.29, 1.82) is 0 Å². The third-order valence-corrected chi connectivity index (χ3v) is 8.23. The van der Waals surface area contributed by atoms with Crippen molar-refractivity contribution >= 4 is 28.6 Å². The summed E-state index contributed by atoms with van der Waals surface area (Å²) in [6.45, 7) is 3.05. The molecule has 2 nitrogen and oxygen atoms in total. The monoisotopic (exact) mass is 386 g/mol. The number of anilines is 1. The summed E-state index contributed by atoms with van der Waals surface area (Å²) in [4.78, 5) is 5.35. The first kappa shape index (κ1) is 17.1. The molecule has 0 amide bonds. The molecule has 4 heteroatoms. The highest BCUT2D eigenvalue weighted by molar-refractivity contribution is 7.15. The van der Waals surface area contributed by atoms with Gasteiger partial charge < -0.3 is 5.32 Å². The second kappa shape index (κ2) is 6.53. The van der Waals surface area contributed by atoms with E-state index in [9.17, 15) is 0 Å². The summed E-state index contributed by atoms with van der Waals surface area (Å²) in [5.41, 5.74) is 4.78. The standard InChI is InChI=1S/C22H27ClN2S/c1-2-17-3-4-18(8-20(17)24-12-19-13-25-21(23)26-19)22-9-14-5-15(10-22)7-16(6-14)11-22/h3-4,8,13-16,24H,2,5-7,9-12H2,1H3. The second-order valence-corrected chi connectivity index (χ2v) is 10.6. The molecule has 4 saturated carbocycles. The lowest BCUT2D eigenvalue weighted by molar-refractivity contribution is -0.00517. The molecule has 0 unspecified atom stereocenters. The maximum atomic E-state index is 5.98. The average Bonchev–Trinajstić information content (AvgIpc) is 3.04. The van der Waals surface area contributed by atoms with Gasteiger partial charge in [-0.15, -0.1) is 11.3 Å². The zero-order valence-electron chi connectivity index (χ0n) is 15.4. The van der Waals surface area contributed by atoms with Crippen LogP contribution in [0.5, 0.6) is 0 Å². The van der Waals surface area contributed by atoms with Gasteiger partial charge in [-0.3, -0.25) is 0 Å². The van der Waals surface area contributed by atoms with Crippen LogP contribution in [0.25, 0.3) is 0 Å². The fourth-order valence-corrected chi connectivity index (χ4v) is 7.31. The van der Waals surface area contributed by atoms with Crippen LogP contribution in [-0.2, 0) is 18.4 Å². The highest BCUT2D eigenvalue weighted by atomic mass is 35.5. The van der Waals surface area contributed by atoms with Crippen molar-refractivity contribution in [1.82, 2.24) is 4.98 Å². The number of thiazole rings is 1. The van der Waals surface area contributed by atoms with Gasteiger partial charge in [0.25, 0.3) is 0 Å². The van der Waals surface area contributed by atoms with Crippen LogP contribution in [0.4, 0.5) is 5.69 Å². The Morgan fingerprint density at radius 1 is 1.15 bits per heavy atom. The highest BCUT2D eigenvalue weighted by Crippen LogP contribution is 2.60. The SMILES string of the molecule is CCc1ccc(C23CC4CC(CC(C4)C2)C3)cc1NCc1cnc(Cl)s1. The number of hydrogen-bond donors (Lipinski definition) is 1. The number of halogens is 1. The van der Waals surface area contributed by atoms with Gasteiger partial charge in [-0.05, 0) is 85.3 Å². The quantitative estimate of drug-likeness (QED) is 0.639. The Labute approximate surface area is 165 Å². The first-order chi connectivity index (χ1) is 12.6. The molecule has 2 aromatic rings. The van der Waals surface area contributed by atoms with E-state index in [2.05, 4.69) is 35.4 Å². The Balaban J connectivity index is 1.43. The van der Waals surface area contributed by atoms with Gasteiger partial charge in [-0.1, -0.05) is 30.7 Å². The van der Waals surface area contributed by atoms with Crippen molar-refractivity contribution in [2.24, 2.45) is 17.8 Å². The van der Waals surface area contributed by atoms with Crippen molar-refractivity contribution < 1.29 is 0 Å². The molecule has 0 aliphatic heterocycles. The van der Waals surface area contributed by atoms with Crippen molar-refractivity contribution in [2.45, 2.75) is 63.8 Å². The van der Waals surface area contributed by atoms with Crippen LogP contribution in [0.2, 0.25) is 4.47 Å². The molecule has 1 aromatic heterocycles. The molecule has 138 valence electrons. The molecular formula is C22H27ClN2S. The number of nitrogens with one attached hydrogen (secondary N) is 1. The first-order valence-corrected chi connectivity index (χ1v) is 11.3. The molecule has 1 aromatic carbocycles. The van der Waals surface area contributed by atoms with E-state index in [0.717, 1.165) is 30.7 Å². The maximum absolute atomic E-state index is 5.98. The van der Waals surface area contributed by atoms with Crippen LogP contribution in [0.1, 0.15) is 61.5 Å². The zero-order chi connectivity index (χ0) is 17.7. The summed E-state index contributed by atoms with van der Waals surface area (Å²) in [6, 6.07) is 7.30. The molecule has 0 radical (unpaired) electrons. The van der Waals surface area contributed by atoms with Gasteiger partial charge in [0.15, 0.2) is 4.47 Å². The minimum absolute atomic E-state index is 0.464. The fourth-order valence-electron chi connectivity index (χ4n) is 6.39. The van der Waals surface area contributed by atoms with Gasteiger partial charge in [-0.25, -0.2) is 4.98 Å². The first-order valence-electron chi connectivity index (χ1n) is 10.1. The van der Waals surface area contributed by atoms with Gasteiger partial charge in [0.1, 0.15) is 0 Å². The second-order valence-electron chi connectivity index (χ2n) is 8.86. The third kappa shape index (κ3) is 2.97. The number of hydrogen-bond acceptors (Lipinski definition) is 3. The van der Waals surface area contributed by atoms with Crippen molar-refractivity contribution in [3.05, 3.63) is 44.9 Å². The Morgan fingerprint density at radius 3 is 2.42 bits per heavy atom. The Hall–Kier alpha value is -1.06. The van der Waals surface area contributed by atoms with Gasteiger partial charge in [-0.2, -0.15) is 0 Å². The maximum Gasteiger partial charge on any atom is 0.183 e. The summed E-state index contributed by atoms with van der Waals surface area (Å²) in [6.07, 6.45) is 11.7. The Morgan fingerprint density at radius 2 is 1.85 bits per heavy atom. The Bertz CT molecular complexity index is 777. The number of aromatic nitrogens is 1. The molecular weight excluding hydrogens is 360 g/mol. The summed E-state index contributed by atoms with van der Waals surface area (Å²) < 4.78 is 0.625. The number of aryl methyl sites for hydroxylation is 1. The molecule has 4 aliphatic carbocycles. The number of rotatable bonds is 5. The molecule has 6 rings (SSSR count). The molecule has 4 bridgehead atoms. The van der Waals surface area contributed by atoms with E-state index in [0.29, 0.717) is 9.88 Å². The molecule has 4 fully saturated rings. The summed E-state index contributed by atoms with van der Waals surface area (Å²) in [5.74, 6) is 2.97. The number of benzene rings is 1. The molecule has 1 N–H and O–H groups in total. The minimum atomic E-state index is 0.464. The van der Waals surface area contributed by atoms with E-state index < -0.39 is 0 Å². The third-order valence-electron chi connectivity index (χ3n) is 7.12. The molecule has 0 atom stereocenters. The van der Waals surface area contributed by atoms with Crippen molar-refractivity contribution in [3.63, 3.8) is 0 Å². The topological polar surface area (TPSA) is 24.9 Å².